The molecule has 0 aliphatic carbocycles. The molecule has 1 aromatic rings. The van der Waals surface area contributed by atoms with E-state index in [0.717, 1.165) is 38.5 Å². The molecule has 1 aromatic carbocycles. The number of carbonyl (C=O) groups excluding carboxylic acids is 2. The van der Waals surface area contributed by atoms with E-state index in [0.29, 0.717) is 18.8 Å². The van der Waals surface area contributed by atoms with Gasteiger partial charge in [-0.15, -0.1) is 0 Å². The number of rotatable bonds is 6. The molecular weight excluding hydrogens is 322 g/mol. The van der Waals surface area contributed by atoms with Crippen LogP contribution in [-0.4, -0.2) is 69.8 Å². The van der Waals surface area contributed by atoms with Crippen LogP contribution in [0.5, 0.6) is 5.75 Å². The number of ether oxygens (including phenoxy) is 2. The van der Waals surface area contributed by atoms with E-state index < -0.39 is 0 Å². The number of nitrogens with one attached hydrogen (secondary N) is 1. The molecule has 0 aromatic heterocycles. The minimum atomic E-state index is -0.317. The summed E-state index contributed by atoms with van der Waals surface area (Å²) >= 11 is 0. The smallest absolute Gasteiger partial charge is 0.227 e. The fourth-order valence-electron chi connectivity index (χ4n) is 3.28. The monoisotopic (exact) mass is 347 g/mol. The first-order valence-electron chi connectivity index (χ1n) is 8.70. The Morgan fingerprint density at radius 2 is 2.08 bits per heavy atom. The molecule has 2 saturated heterocycles. The molecule has 7 nitrogen and oxygen atoms in total. The van der Waals surface area contributed by atoms with Crippen LogP contribution in [0.1, 0.15) is 6.42 Å². The van der Waals surface area contributed by atoms with Crippen molar-refractivity contribution in [2.45, 2.75) is 6.42 Å². The van der Waals surface area contributed by atoms with Crippen molar-refractivity contribution in [1.82, 2.24) is 10.2 Å². The minimum absolute atomic E-state index is 0.0437. The van der Waals surface area contributed by atoms with Crippen LogP contribution in [0.4, 0.5) is 5.69 Å². The molecule has 2 amide bonds. The number of hydrogen-bond donors (Lipinski definition) is 1. The van der Waals surface area contributed by atoms with Gasteiger partial charge in [0.15, 0.2) is 0 Å². The van der Waals surface area contributed by atoms with E-state index in [9.17, 15) is 9.59 Å². The molecule has 1 N–H and O–H groups in total. The molecule has 2 aliphatic heterocycles. The van der Waals surface area contributed by atoms with Crippen LogP contribution >= 0.6 is 0 Å². The second kappa shape index (κ2) is 8.31. The highest BCUT2D eigenvalue weighted by atomic mass is 16.5. The Labute approximate surface area is 147 Å². The average molecular weight is 347 g/mol. The van der Waals surface area contributed by atoms with Gasteiger partial charge in [0.1, 0.15) is 5.75 Å². The van der Waals surface area contributed by atoms with Crippen molar-refractivity contribution >= 4 is 17.5 Å². The Bertz CT molecular complexity index is 616. The number of benzene rings is 1. The van der Waals surface area contributed by atoms with Gasteiger partial charge in [-0.25, -0.2) is 0 Å². The zero-order chi connectivity index (χ0) is 17.6. The lowest BCUT2D eigenvalue weighted by atomic mass is 10.1. The number of morpholine rings is 1. The van der Waals surface area contributed by atoms with E-state index in [1.807, 2.05) is 24.3 Å². The van der Waals surface area contributed by atoms with Crippen molar-refractivity contribution in [2.24, 2.45) is 5.92 Å². The Balaban J connectivity index is 1.52. The molecular formula is C18H25N3O4. The molecule has 0 bridgehead atoms. The van der Waals surface area contributed by atoms with Crippen LogP contribution in [0, 0.1) is 5.92 Å². The van der Waals surface area contributed by atoms with Gasteiger partial charge >= 0.3 is 0 Å². The second-order valence-corrected chi connectivity index (χ2v) is 6.32. The van der Waals surface area contributed by atoms with E-state index in [-0.39, 0.29) is 24.2 Å². The SMILES string of the molecule is COc1ccccc1N1C[C@H](C(=O)NCCN2CCOCC2)CC1=O. The lowest BCUT2D eigenvalue weighted by Crippen LogP contribution is -2.42. The summed E-state index contributed by atoms with van der Waals surface area (Å²) in [5, 5.41) is 2.96. The maximum Gasteiger partial charge on any atom is 0.227 e. The van der Waals surface area contributed by atoms with Gasteiger partial charge in [0, 0.05) is 39.1 Å². The summed E-state index contributed by atoms with van der Waals surface area (Å²) in [4.78, 5) is 28.7. The molecule has 0 saturated carbocycles. The third-order valence-electron chi connectivity index (χ3n) is 4.70. The normalized spacial score (nSPS) is 21.4. The standard InChI is InChI=1S/C18H25N3O4/c1-24-16-5-3-2-4-15(16)21-13-14(12-17(21)22)18(23)19-6-7-20-8-10-25-11-9-20/h2-5,14H,6-13H2,1H3,(H,19,23)/t14-/m1/s1. The van der Waals surface area contributed by atoms with Crippen LogP contribution in [0.15, 0.2) is 24.3 Å². The maximum atomic E-state index is 12.4. The van der Waals surface area contributed by atoms with Crippen LogP contribution < -0.4 is 15.0 Å². The lowest BCUT2D eigenvalue weighted by molar-refractivity contribution is -0.126. The number of amides is 2. The van der Waals surface area contributed by atoms with E-state index >= 15 is 0 Å². The Morgan fingerprint density at radius 1 is 1.32 bits per heavy atom. The van der Waals surface area contributed by atoms with E-state index in [1.54, 1.807) is 12.0 Å². The molecule has 0 unspecified atom stereocenters. The summed E-state index contributed by atoms with van der Waals surface area (Å²) < 4.78 is 10.6. The van der Waals surface area contributed by atoms with Gasteiger partial charge in [0.05, 0.1) is 31.9 Å². The highest BCUT2D eigenvalue weighted by molar-refractivity contribution is 6.01. The lowest BCUT2D eigenvalue weighted by Gasteiger charge is -2.26. The second-order valence-electron chi connectivity index (χ2n) is 6.32. The van der Waals surface area contributed by atoms with Crippen LogP contribution in [0.3, 0.4) is 0 Å². The molecule has 2 aliphatic rings. The molecule has 2 heterocycles. The minimum Gasteiger partial charge on any atom is -0.495 e. The molecule has 136 valence electrons. The molecule has 2 fully saturated rings. The number of methoxy groups -OCH3 is 1. The first kappa shape index (κ1) is 17.7. The summed E-state index contributed by atoms with van der Waals surface area (Å²) in [5.41, 5.74) is 0.721. The summed E-state index contributed by atoms with van der Waals surface area (Å²) in [6.45, 7) is 5.10. The van der Waals surface area contributed by atoms with E-state index in [1.165, 1.54) is 0 Å². The quantitative estimate of drug-likeness (QED) is 0.811. The van der Waals surface area contributed by atoms with E-state index in [2.05, 4.69) is 10.2 Å². The van der Waals surface area contributed by atoms with Crippen LogP contribution in [-0.2, 0) is 14.3 Å². The number of carbonyl (C=O) groups is 2. The average Bonchev–Trinajstić information content (AvgIpc) is 3.04. The number of nitrogens with zero attached hydrogens (tertiary/aromatic N) is 2. The predicted molar refractivity (Wildman–Crippen MR) is 93.7 cm³/mol. The molecule has 7 heteroatoms. The number of hydrogen-bond acceptors (Lipinski definition) is 5. The molecule has 0 spiro atoms. The Hall–Kier alpha value is -2.12. The molecule has 25 heavy (non-hydrogen) atoms. The van der Waals surface area contributed by atoms with Gasteiger partial charge in [-0.1, -0.05) is 12.1 Å². The van der Waals surface area contributed by atoms with Crippen molar-refractivity contribution in [3.63, 3.8) is 0 Å². The third-order valence-corrected chi connectivity index (χ3v) is 4.70. The third kappa shape index (κ3) is 4.29. The maximum absolute atomic E-state index is 12.4. The van der Waals surface area contributed by atoms with Gasteiger partial charge in [-0.3, -0.25) is 14.5 Å². The first-order chi connectivity index (χ1) is 12.2. The predicted octanol–water partition coefficient (Wildman–Crippen LogP) is 0.497. The summed E-state index contributed by atoms with van der Waals surface area (Å²) in [5.74, 6) is 0.225. The number of para-hydroxylation sites is 2. The van der Waals surface area contributed by atoms with Gasteiger partial charge in [0.2, 0.25) is 11.8 Å². The summed E-state index contributed by atoms with van der Waals surface area (Å²) in [6.07, 6.45) is 0.238. The van der Waals surface area contributed by atoms with Crippen molar-refractivity contribution in [1.29, 1.82) is 0 Å². The van der Waals surface area contributed by atoms with Gasteiger partial charge in [0.25, 0.3) is 0 Å². The first-order valence-corrected chi connectivity index (χ1v) is 8.70. The topological polar surface area (TPSA) is 71.1 Å². The highest BCUT2D eigenvalue weighted by Gasteiger charge is 2.36. The van der Waals surface area contributed by atoms with Crippen molar-refractivity contribution < 1.29 is 19.1 Å². The van der Waals surface area contributed by atoms with Crippen molar-refractivity contribution in [3.8, 4) is 5.75 Å². The van der Waals surface area contributed by atoms with Crippen molar-refractivity contribution in [3.05, 3.63) is 24.3 Å². The zero-order valence-electron chi connectivity index (χ0n) is 14.6. The fraction of sp³-hybridized carbons (Fsp3) is 0.556. The Morgan fingerprint density at radius 3 is 2.84 bits per heavy atom. The molecule has 3 rings (SSSR count). The van der Waals surface area contributed by atoms with Crippen LogP contribution in [0.25, 0.3) is 0 Å². The number of anilines is 1. The molecule has 1 atom stereocenters. The Kier molecular flexibility index (Phi) is 5.88. The van der Waals surface area contributed by atoms with E-state index in [4.69, 9.17) is 9.47 Å². The van der Waals surface area contributed by atoms with Gasteiger partial charge in [-0.2, -0.15) is 0 Å². The molecule has 0 radical (unpaired) electrons. The highest BCUT2D eigenvalue weighted by Crippen LogP contribution is 2.32. The van der Waals surface area contributed by atoms with Crippen LogP contribution in [0.2, 0.25) is 0 Å². The van der Waals surface area contributed by atoms with Gasteiger partial charge in [-0.05, 0) is 12.1 Å². The van der Waals surface area contributed by atoms with Crippen molar-refractivity contribution in [2.75, 3.05) is 57.9 Å². The van der Waals surface area contributed by atoms with Gasteiger partial charge < -0.3 is 19.7 Å². The fourth-order valence-corrected chi connectivity index (χ4v) is 3.28. The summed E-state index contributed by atoms with van der Waals surface area (Å²) in [6, 6.07) is 7.38. The zero-order valence-corrected chi connectivity index (χ0v) is 14.6. The summed E-state index contributed by atoms with van der Waals surface area (Å²) in [7, 11) is 1.58. The largest absolute Gasteiger partial charge is 0.495 e.